The van der Waals surface area contributed by atoms with Gasteiger partial charge in [0, 0.05) is 18.3 Å². The zero-order valence-corrected chi connectivity index (χ0v) is 12.1. The quantitative estimate of drug-likeness (QED) is 0.685. The standard InChI is InChI=1S/C15H24O4/c1-14(2)8-18-15(19-9-14)6-10-4-5-11(12(10)7-15)13(16)17-3/h10-12H,4-9H2,1-3H3. The van der Waals surface area contributed by atoms with Crippen LogP contribution in [0.2, 0.25) is 0 Å². The third kappa shape index (κ3) is 2.29. The van der Waals surface area contributed by atoms with E-state index in [1.165, 1.54) is 7.11 Å². The summed E-state index contributed by atoms with van der Waals surface area (Å²) in [6, 6.07) is 0. The number of rotatable bonds is 1. The van der Waals surface area contributed by atoms with Gasteiger partial charge < -0.3 is 14.2 Å². The van der Waals surface area contributed by atoms with Crippen LogP contribution in [0.1, 0.15) is 39.5 Å². The summed E-state index contributed by atoms with van der Waals surface area (Å²) in [6.45, 7) is 5.81. The Morgan fingerprint density at radius 3 is 2.47 bits per heavy atom. The minimum atomic E-state index is -0.419. The van der Waals surface area contributed by atoms with Gasteiger partial charge in [-0.3, -0.25) is 4.79 Å². The Bertz CT molecular complexity index is 366. The summed E-state index contributed by atoms with van der Waals surface area (Å²) in [7, 11) is 1.48. The Morgan fingerprint density at radius 1 is 1.16 bits per heavy atom. The van der Waals surface area contributed by atoms with Crippen molar-refractivity contribution in [3.63, 3.8) is 0 Å². The molecular formula is C15H24O4. The van der Waals surface area contributed by atoms with Crippen LogP contribution in [0.25, 0.3) is 0 Å². The molecule has 0 radical (unpaired) electrons. The van der Waals surface area contributed by atoms with E-state index in [1.807, 2.05) is 0 Å². The van der Waals surface area contributed by atoms with Gasteiger partial charge >= 0.3 is 5.97 Å². The molecule has 0 bridgehead atoms. The number of carbonyl (C=O) groups excluding carboxylic acids is 1. The zero-order valence-electron chi connectivity index (χ0n) is 12.1. The molecule has 1 saturated heterocycles. The Morgan fingerprint density at radius 2 is 1.84 bits per heavy atom. The highest BCUT2D eigenvalue weighted by Crippen LogP contribution is 2.55. The van der Waals surface area contributed by atoms with E-state index in [0.29, 0.717) is 11.8 Å². The van der Waals surface area contributed by atoms with E-state index < -0.39 is 5.79 Å². The Balaban J connectivity index is 1.69. The van der Waals surface area contributed by atoms with Gasteiger partial charge in [0.05, 0.1) is 26.2 Å². The first-order valence-corrected chi connectivity index (χ1v) is 7.30. The lowest BCUT2D eigenvalue weighted by Gasteiger charge is -2.42. The summed E-state index contributed by atoms with van der Waals surface area (Å²) in [5.74, 6) is 0.522. The van der Waals surface area contributed by atoms with E-state index in [9.17, 15) is 4.79 Å². The molecule has 4 heteroatoms. The molecule has 3 unspecified atom stereocenters. The number of esters is 1. The normalized spacial score (nSPS) is 39.2. The fraction of sp³-hybridized carbons (Fsp3) is 0.933. The molecule has 0 aromatic heterocycles. The van der Waals surface area contributed by atoms with E-state index >= 15 is 0 Å². The molecule has 0 aromatic rings. The summed E-state index contributed by atoms with van der Waals surface area (Å²) in [5.41, 5.74) is 0.102. The number of fused-ring (bicyclic) bond motifs is 1. The van der Waals surface area contributed by atoms with Crippen molar-refractivity contribution < 1.29 is 19.0 Å². The molecule has 1 aliphatic heterocycles. The van der Waals surface area contributed by atoms with Gasteiger partial charge in [0.25, 0.3) is 0 Å². The number of methoxy groups -OCH3 is 1. The number of hydrogen-bond donors (Lipinski definition) is 0. The fourth-order valence-electron chi connectivity index (χ4n) is 3.97. The molecule has 3 aliphatic rings. The van der Waals surface area contributed by atoms with Gasteiger partial charge in [0.1, 0.15) is 0 Å². The summed E-state index contributed by atoms with van der Waals surface area (Å²) in [4.78, 5) is 11.8. The third-order valence-electron chi connectivity index (χ3n) is 5.05. The fourth-order valence-corrected chi connectivity index (χ4v) is 3.97. The van der Waals surface area contributed by atoms with Gasteiger partial charge in [-0.25, -0.2) is 0 Å². The van der Waals surface area contributed by atoms with Crippen LogP contribution >= 0.6 is 0 Å². The van der Waals surface area contributed by atoms with Gasteiger partial charge in [0.2, 0.25) is 0 Å². The van der Waals surface area contributed by atoms with E-state index in [0.717, 1.165) is 38.9 Å². The molecule has 0 N–H and O–H groups in total. The van der Waals surface area contributed by atoms with Gasteiger partial charge in [-0.05, 0) is 24.7 Å². The van der Waals surface area contributed by atoms with Gasteiger partial charge in [-0.2, -0.15) is 0 Å². The second kappa shape index (κ2) is 4.45. The third-order valence-corrected chi connectivity index (χ3v) is 5.05. The molecule has 0 amide bonds. The molecule has 1 spiro atoms. The van der Waals surface area contributed by atoms with E-state index in [-0.39, 0.29) is 17.3 Å². The minimum absolute atomic E-state index is 0.0523. The van der Waals surface area contributed by atoms with Crippen LogP contribution in [0.5, 0.6) is 0 Å². The van der Waals surface area contributed by atoms with Crippen molar-refractivity contribution in [1.29, 1.82) is 0 Å². The van der Waals surface area contributed by atoms with Crippen LogP contribution < -0.4 is 0 Å². The maximum atomic E-state index is 11.8. The maximum absolute atomic E-state index is 11.8. The molecule has 3 atom stereocenters. The van der Waals surface area contributed by atoms with E-state index in [2.05, 4.69) is 13.8 Å². The van der Waals surface area contributed by atoms with Crippen LogP contribution in [0, 0.1) is 23.2 Å². The van der Waals surface area contributed by atoms with Crippen LogP contribution in [0.3, 0.4) is 0 Å². The molecule has 2 aliphatic carbocycles. The number of ether oxygens (including phenoxy) is 3. The van der Waals surface area contributed by atoms with Gasteiger partial charge in [0.15, 0.2) is 5.79 Å². The van der Waals surface area contributed by atoms with Crippen LogP contribution in [-0.4, -0.2) is 32.1 Å². The van der Waals surface area contributed by atoms with Crippen molar-refractivity contribution in [3.8, 4) is 0 Å². The van der Waals surface area contributed by atoms with Crippen molar-refractivity contribution in [1.82, 2.24) is 0 Å². The van der Waals surface area contributed by atoms with Crippen molar-refractivity contribution in [3.05, 3.63) is 0 Å². The number of carbonyl (C=O) groups is 1. The van der Waals surface area contributed by atoms with Crippen LogP contribution in [0.15, 0.2) is 0 Å². The van der Waals surface area contributed by atoms with Gasteiger partial charge in [-0.1, -0.05) is 13.8 Å². The molecule has 108 valence electrons. The summed E-state index contributed by atoms with van der Waals surface area (Å²) in [5, 5.41) is 0. The number of hydrogen-bond acceptors (Lipinski definition) is 4. The highest BCUT2D eigenvalue weighted by Gasteiger charge is 2.56. The summed E-state index contributed by atoms with van der Waals surface area (Å²) < 4.78 is 17.1. The molecule has 4 nitrogen and oxygen atoms in total. The first kappa shape index (κ1) is 13.4. The van der Waals surface area contributed by atoms with E-state index in [4.69, 9.17) is 14.2 Å². The average Bonchev–Trinajstić information content (AvgIpc) is 2.90. The molecule has 3 fully saturated rings. The van der Waals surface area contributed by atoms with Crippen LogP contribution in [0.4, 0.5) is 0 Å². The Hall–Kier alpha value is -0.610. The van der Waals surface area contributed by atoms with Crippen molar-refractivity contribution in [2.45, 2.75) is 45.3 Å². The highest BCUT2D eigenvalue weighted by atomic mass is 16.7. The lowest BCUT2D eigenvalue weighted by Crippen LogP contribution is -2.46. The summed E-state index contributed by atoms with van der Waals surface area (Å²) in [6.07, 6.45) is 3.86. The Labute approximate surface area is 114 Å². The predicted octanol–water partition coefficient (Wildman–Crippen LogP) is 2.36. The average molecular weight is 268 g/mol. The first-order valence-electron chi connectivity index (χ1n) is 7.30. The van der Waals surface area contributed by atoms with Gasteiger partial charge in [-0.15, -0.1) is 0 Å². The van der Waals surface area contributed by atoms with Crippen LogP contribution in [-0.2, 0) is 19.0 Å². The smallest absolute Gasteiger partial charge is 0.308 e. The lowest BCUT2D eigenvalue weighted by molar-refractivity contribution is -0.297. The second-order valence-corrected chi connectivity index (χ2v) is 7.19. The molecule has 1 heterocycles. The lowest BCUT2D eigenvalue weighted by atomic mass is 9.91. The monoisotopic (exact) mass is 268 g/mol. The molecular weight excluding hydrogens is 244 g/mol. The van der Waals surface area contributed by atoms with Crippen molar-refractivity contribution in [2.75, 3.05) is 20.3 Å². The topological polar surface area (TPSA) is 44.8 Å². The Kier molecular flexibility index (Phi) is 3.13. The zero-order chi connectivity index (χ0) is 13.7. The largest absolute Gasteiger partial charge is 0.469 e. The molecule has 3 rings (SSSR count). The van der Waals surface area contributed by atoms with E-state index in [1.54, 1.807) is 0 Å². The maximum Gasteiger partial charge on any atom is 0.308 e. The minimum Gasteiger partial charge on any atom is -0.469 e. The first-order chi connectivity index (χ1) is 8.95. The SMILES string of the molecule is COC(=O)C1CCC2CC3(CC21)OCC(C)(C)CO3. The second-order valence-electron chi connectivity index (χ2n) is 7.19. The predicted molar refractivity (Wildman–Crippen MR) is 69.4 cm³/mol. The van der Waals surface area contributed by atoms with Crippen molar-refractivity contribution in [2.24, 2.45) is 23.2 Å². The summed E-state index contributed by atoms with van der Waals surface area (Å²) >= 11 is 0. The van der Waals surface area contributed by atoms with Crippen molar-refractivity contribution >= 4 is 5.97 Å². The molecule has 19 heavy (non-hydrogen) atoms. The molecule has 0 aromatic carbocycles. The molecule has 2 saturated carbocycles. The highest BCUT2D eigenvalue weighted by molar-refractivity contribution is 5.73.